The van der Waals surface area contributed by atoms with E-state index in [1.54, 1.807) is 24.7 Å². The lowest BCUT2D eigenvalue weighted by Gasteiger charge is -2.26. The van der Waals surface area contributed by atoms with Crippen molar-refractivity contribution in [3.63, 3.8) is 0 Å². The lowest BCUT2D eigenvalue weighted by Crippen LogP contribution is -2.40. The molecule has 41 heavy (non-hydrogen) atoms. The number of anilines is 1. The maximum atomic E-state index is 14.0. The van der Waals surface area contributed by atoms with Gasteiger partial charge in [0.05, 0.1) is 48.8 Å². The molecule has 2 aliphatic rings. The van der Waals surface area contributed by atoms with Crippen LogP contribution in [0.1, 0.15) is 29.9 Å². The molecule has 0 bridgehead atoms. The zero-order valence-corrected chi connectivity index (χ0v) is 23.6. The van der Waals surface area contributed by atoms with Gasteiger partial charge in [0.15, 0.2) is 10.7 Å². The fraction of sp³-hybridized carbons (Fsp3) is 0.258. The molecule has 4 heterocycles. The molecule has 0 unspecified atom stereocenters. The Morgan fingerprint density at radius 3 is 2.66 bits per heavy atom. The lowest BCUT2D eigenvalue weighted by atomic mass is 9.93. The summed E-state index contributed by atoms with van der Waals surface area (Å²) in [4.78, 5) is 35.1. The first-order valence-electron chi connectivity index (χ1n) is 13.4. The summed E-state index contributed by atoms with van der Waals surface area (Å²) >= 11 is 1.25. The van der Waals surface area contributed by atoms with E-state index in [1.807, 2.05) is 66.7 Å². The molecule has 210 valence electrons. The van der Waals surface area contributed by atoms with E-state index in [0.717, 1.165) is 24.5 Å². The third kappa shape index (κ3) is 5.23. The van der Waals surface area contributed by atoms with Crippen molar-refractivity contribution in [3.05, 3.63) is 109 Å². The highest BCUT2D eigenvalue weighted by atomic mass is 32.1. The van der Waals surface area contributed by atoms with Gasteiger partial charge in [-0.25, -0.2) is 9.79 Å². The summed E-state index contributed by atoms with van der Waals surface area (Å²) in [5.41, 5.74) is 1.94. The van der Waals surface area contributed by atoms with E-state index in [0.29, 0.717) is 45.3 Å². The average Bonchev–Trinajstić information content (AvgIpc) is 3.61. The van der Waals surface area contributed by atoms with Crippen LogP contribution in [0.5, 0.6) is 5.75 Å². The molecule has 2 aromatic heterocycles. The van der Waals surface area contributed by atoms with Gasteiger partial charge in [-0.3, -0.25) is 9.36 Å². The Labute approximate surface area is 240 Å². The van der Waals surface area contributed by atoms with Crippen LogP contribution in [0.3, 0.4) is 0 Å². The SMILES string of the molecule is CCOC(=O)C1=C(c2ccccc2)N=c2sc(=Cc3ccc(N4CCOCC4)o3)c(=O)n2[C@@H]1c1cccc(OC)c1. The van der Waals surface area contributed by atoms with Gasteiger partial charge >= 0.3 is 5.97 Å². The van der Waals surface area contributed by atoms with Crippen LogP contribution in [0, 0.1) is 0 Å². The molecule has 0 saturated carbocycles. The first kappa shape index (κ1) is 26.8. The number of methoxy groups -OCH3 is 1. The Bertz CT molecular complexity index is 1780. The number of benzene rings is 2. The molecule has 1 fully saturated rings. The predicted octanol–water partition coefficient (Wildman–Crippen LogP) is 3.37. The van der Waals surface area contributed by atoms with Crippen molar-refractivity contribution in [2.75, 3.05) is 44.9 Å². The Hall–Kier alpha value is -4.41. The predicted molar refractivity (Wildman–Crippen MR) is 156 cm³/mol. The van der Waals surface area contributed by atoms with Crippen LogP contribution in [0.15, 0.2) is 86.5 Å². The highest BCUT2D eigenvalue weighted by molar-refractivity contribution is 7.07. The van der Waals surface area contributed by atoms with Gasteiger partial charge in [-0.15, -0.1) is 0 Å². The second-order valence-electron chi connectivity index (χ2n) is 9.48. The highest BCUT2D eigenvalue weighted by Crippen LogP contribution is 2.36. The number of morpholine rings is 1. The van der Waals surface area contributed by atoms with Crippen molar-refractivity contribution in [1.82, 2.24) is 4.57 Å². The molecule has 0 radical (unpaired) electrons. The molecule has 0 spiro atoms. The summed E-state index contributed by atoms with van der Waals surface area (Å²) in [5.74, 6) is 1.37. The van der Waals surface area contributed by atoms with Crippen molar-refractivity contribution in [2.45, 2.75) is 13.0 Å². The monoisotopic (exact) mass is 571 g/mol. The fourth-order valence-corrected chi connectivity index (χ4v) is 6.05. The van der Waals surface area contributed by atoms with Gasteiger partial charge in [-0.2, -0.15) is 0 Å². The van der Waals surface area contributed by atoms with Crippen LogP contribution in [0.4, 0.5) is 5.88 Å². The number of fused-ring (bicyclic) bond motifs is 1. The maximum absolute atomic E-state index is 14.0. The fourth-order valence-electron chi connectivity index (χ4n) is 5.07. The highest BCUT2D eigenvalue weighted by Gasteiger charge is 2.35. The number of hydrogen-bond donors (Lipinski definition) is 0. The lowest BCUT2D eigenvalue weighted by molar-refractivity contribution is -0.138. The Balaban J connectivity index is 1.55. The molecule has 10 heteroatoms. The molecule has 0 N–H and O–H groups in total. The van der Waals surface area contributed by atoms with Crippen molar-refractivity contribution >= 4 is 35.0 Å². The number of thiazole rings is 1. The summed E-state index contributed by atoms with van der Waals surface area (Å²) in [5, 5.41) is 0. The van der Waals surface area contributed by atoms with Crippen LogP contribution < -0.4 is 24.5 Å². The normalized spacial score (nSPS) is 17.3. The summed E-state index contributed by atoms with van der Waals surface area (Å²) < 4.78 is 24.5. The number of ether oxygens (including phenoxy) is 3. The van der Waals surface area contributed by atoms with Gasteiger partial charge in [-0.1, -0.05) is 53.8 Å². The van der Waals surface area contributed by atoms with Crippen LogP contribution in [-0.4, -0.2) is 50.6 Å². The van der Waals surface area contributed by atoms with Crippen LogP contribution >= 0.6 is 11.3 Å². The van der Waals surface area contributed by atoms with E-state index in [2.05, 4.69) is 4.90 Å². The van der Waals surface area contributed by atoms with E-state index >= 15 is 0 Å². The topological polar surface area (TPSA) is 95.5 Å². The first-order valence-corrected chi connectivity index (χ1v) is 14.2. The first-order chi connectivity index (χ1) is 20.1. The van der Waals surface area contributed by atoms with Gasteiger partial charge in [-0.05, 0) is 30.7 Å². The van der Waals surface area contributed by atoms with Gasteiger partial charge in [0.2, 0.25) is 0 Å². The van der Waals surface area contributed by atoms with E-state index in [-0.39, 0.29) is 17.7 Å². The number of carbonyl (C=O) groups is 1. The molecule has 1 saturated heterocycles. The van der Waals surface area contributed by atoms with E-state index in [4.69, 9.17) is 23.6 Å². The minimum atomic E-state index is -0.779. The summed E-state index contributed by atoms with van der Waals surface area (Å²) in [6.45, 7) is 4.72. The maximum Gasteiger partial charge on any atom is 0.338 e. The standard InChI is InChI=1S/C31H29N3O6S/c1-3-39-30(36)26-27(20-8-5-4-6-9-20)32-31-34(28(26)21-10-7-11-22(18-21)37-2)29(35)24(41-31)19-23-12-13-25(40-23)33-14-16-38-17-15-33/h4-13,18-19,28H,3,14-17H2,1-2H3/t28-/m1/s1. The Morgan fingerprint density at radius 1 is 1.10 bits per heavy atom. The van der Waals surface area contributed by atoms with Crippen molar-refractivity contribution in [2.24, 2.45) is 4.99 Å². The van der Waals surface area contributed by atoms with Gasteiger partial charge < -0.3 is 23.5 Å². The number of hydrogen-bond acceptors (Lipinski definition) is 9. The number of esters is 1. The van der Waals surface area contributed by atoms with E-state index in [1.165, 1.54) is 11.3 Å². The van der Waals surface area contributed by atoms with Crippen LogP contribution in [-0.2, 0) is 14.3 Å². The van der Waals surface area contributed by atoms with Gasteiger partial charge in [0.1, 0.15) is 11.5 Å². The second-order valence-corrected chi connectivity index (χ2v) is 10.5. The molecule has 0 amide bonds. The minimum absolute atomic E-state index is 0.184. The summed E-state index contributed by atoms with van der Waals surface area (Å²) in [6, 6.07) is 19.8. The molecule has 1 atom stereocenters. The zero-order valence-electron chi connectivity index (χ0n) is 22.7. The molecule has 6 rings (SSSR count). The summed E-state index contributed by atoms with van der Waals surface area (Å²) in [6.07, 6.45) is 1.73. The van der Waals surface area contributed by atoms with Crippen LogP contribution in [0.25, 0.3) is 11.8 Å². The van der Waals surface area contributed by atoms with E-state index in [9.17, 15) is 9.59 Å². The second kappa shape index (κ2) is 11.6. The van der Waals surface area contributed by atoms with Crippen molar-refractivity contribution in [1.29, 1.82) is 0 Å². The summed E-state index contributed by atoms with van der Waals surface area (Å²) in [7, 11) is 1.58. The molecule has 2 aliphatic heterocycles. The third-order valence-electron chi connectivity index (χ3n) is 6.99. The third-order valence-corrected chi connectivity index (χ3v) is 7.97. The number of rotatable bonds is 7. The molecule has 2 aromatic carbocycles. The largest absolute Gasteiger partial charge is 0.497 e. The number of nitrogens with zero attached hydrogens (tertiary/aromatic N) is 3. The number of furan rings is 1. The zero-order chi connectivity index (χ0) is 28.3. The molecule has 4 aromatic rings. The number of carbonyl (C=O) groups excluding carboxylic acids is 1. The quantitative estimate of drug-likeness (QED) is 0.314. The van der Waals surface area contributed by atoms with Crippen molar-refractivity contribution in [3.8, 4) is 5.75 Å². The minimum Gasteiger partial charge on any atom is -0.497 e. The Morgan fingerprint density at radius 2 is 1.90 bits per heavy atom. The molecular weight excluding hydrogens is 542 g/mol. The Kier molecular flexibility index (Phi) is 7.58. The smallest absolute Gasteiger partial charge is 0.338 e. The van der Waals surface area contributed by atoms with Crippen LogP contribution in [0.2, 0.25) is 0 Å². The molecule has 9 nitrogen and oxygen atoms in total. The average molecular weight is 572 g/mol. The molecular formula is C31H29N3O6S. The van der Waals surface area contributed by atoms with Gasteiger partial charge in [0, 0.05) is 30.8 Å². The number of aromatic nitrogens is 1. The van der Waals surface area contributed by atoms with Gasteiger partial charge in [0.25, 0.3) is 5.56 Å². The van der Waals surface area contributed by atoms with Crippen molar-refractivity contribution < 1.29 is 23.4 Å². The molecule has 0 aliphatic carbocycles. The van der Waals surface area contributed by atoms with E-state index < -0.39 is 12.0 Å².